The molecule has 154 valence electrons. The number of ether oxygens (including phenoxy) is 2. The van der Waals surface area contributed by atoms with Gasteiger partial charge in [0, 0.05) is 12.3 Å². The van der Waals surface area contributed by atoms with Gasteiger partial charge in [0.15, 0.2) is 18.2 Å². The number of nitro groups is 2. The summed E-state index contributed by atoms with van der Waals surface area (Å²) >= 11 is 0. The summed E-state index contributed by atoms with van der Waals surface area (Å²) < 4.78 is 11.6. The number of benzene rings is 2. The molecule has 0 aliphatic rings. The molecule has 1 N–H and O–H groups in total. The molecule has 0 atom stereocenters. The van der Waals surface area contributed by atoms with E-state index in [9.17, 15) is 25.0 Å². The summed E-state index contributed by atoms with van der Waals surface area (Å²) in [5.74, 6) is -0.346. The second-order valence-electron chi connectivity index (χ2n) is 5.83. The number of hydrogen-bond donors (Lipinski definition) is 1. The third-order valence-electron chi connectivity index (χ3n) is 3.94. The number of hydrogen-bond acceptors (Lipinski definition) is 8. The second-order valence-corrected chi connectivity index (χ2v) is 5.83. The summed E-state index contributed by atoms with van der Waals surface area (Å²) in [4.78, 5) is 33.4. The van der Waals surface area contributed by atoms with Crippen molar-refractivity contribution in [2.24, 2.45) is 0 Å². The van der Waals surface area contributed by atoms with Gasteiger partial charge in [0.25, 0.3) is 11.6 Å². The first-order valence-electron chi connectivity index (χ1n) is 8.42. The molecule has 0 aliphatic carbocycles. The van der Waals surface area contributed by atoms with Crippen LogP contribution >= 0.6 is 0 Å². The zero-order valence-electron chi connectivity index (χ0n) is 15.5. The minimum Gasteiger partial charge on any atom is -0.496 e. The zero-order chi connectivity index (χ0) is 21.7. The number of carbonyl (C=O) groups is 1. The SMILES string of the molecule is COc1ccc(NC(=O)c2ccn(COc3ccccc3[N+](=O)[O-])n2)c([N+](=O)[O-])c1. The lowest BCUT2D eigenvalue weighted by Crippen LogP contribution is -2.15. The Bertz CT molecular complexity index is 1110. The maximum atomic E-state index is 12.4. The molecule has 0 radical (unpaired) electrons. The summed E-state index contributed by atoms with van der Waals surface area (Å²) in [6.45, 7) is -0.180. The Morgan fingerprint density at radius 1 is 1.10 bits per heavy atom. The Hall–Kier alpha value is -4.48. The number of nitrogens with zero attached hydrogens (tertiary/aromatic N) is 4. The molecule has 2 aromatic carbocycles. The van der Waals surface area contributed by atoms with Crippen LogP contribution in [0.1, 0.15) is 10.5 Å². The number of anilines is 1. The maximum absolute atomic E-state index is 12.4. The Morgan fingerprint density at radius 3 is 2.53 bits per heavy atom. The van der Waals surface area contributed by atoms with Crippen molar-refractivity contribution >= 4 is 23.0 Å². The average molecular weight is 413 g/mol. The minimum absolute atomic E-state index is 0.0171. The lowest BCUT2D eigenvalue weighted by molar-refractivity contribution is -0.386. The number of rotatable bonds is 8. The monoisotopic (exact) mass is 413 g/mol. The Kier molecular flexibility index (Phi) is 5.86. The van der Waals surface area contributed by atoms with Crippen LogP contribution < -0.4 is 14.8 Å². The number of methoxy groups -OCH3 is 1. The second kappa shape index (κ2) is 8.68. The molecule has 0 saturated heterocycles. The average Bonchev–Trinajstić information content (AvgIpc) is 3.21. The first kappa shape index (κ1) is 20.3. The molecular weight excluding hydrogens is 398 g/mol. The molecule has 3 aromatic rings. The molecule has 1 heterocycles. The molecule has 0 aliphatic heterocycles. The number of amides is 1. The van der Waals surface area contributed by atoms with E-state index in [1.54, 1.807) is 6.07 Å². The first-order valence-corrected chi connectivity index (χ1v) is 8.42. The number of nitro benzene ring substituents is 2. The van der Waals surface area contributed by atoms with Crippen LogP contribution in [0.3, 0.4) is 0 Å². The minimum atomic E-state index is -0.673. The molecule has 1 amide bonds. The molecule has 12 nitrogen and oxygen atoms in total. The van der Waals surface area contributed by atoms with E-state index in [4.69, 9.17) is 9.47 Å². The zero-order valence-corrected chi connectivity index (χ0v) is 15.5. The van der Waals surface area contributed by atoms with Crippen molar-refractivity contribution in [3.8, 4) is 11.5 Å². The fraction of sp³-hybridized carbons (Fsp3) is 0.111. The molecule has 1 aromatic heterocycles. The number of para-hydroxylation sites is 2. The van der Waals surface area contributed by atoms with Crippen molar-refractivity contribution < 1.29 is 24.1 Å². The predicted molar refractivity (Wildman–Crippen MR) is 104 cm³/mol. The summed E-state index contributed by atoms with van der Waals surface area (Å²) in [6.07, 6.45) is 1.44. The number of carbonyl (C=O) groups excluding carboxylic acids is 1. The molecule has 30 heavy (non-hydrogen) atoms. The Balaban J connectivity index is 1.70. The van der Waals surface area contributed by atoms with E-state index in [0.717, 1.165) is 0 Å². The summed E-state index contributed by atoms with van der Waals surface area (Å²) in [6, 6.07) is 11.2. The van der Waals surface area contributed by atoms with E-state index in [0.29, 0.717) is 0 Å². The van der Waals surface area contributed by atoms with Gasteiger partial charge < -0.3 is 14.8 Å². The van der Waals surface area contributed by atoms with Gasteiger partial charge in [-0.1, -0.05) is 12.1 Å². The quantitative estimate of drug-likeness (QED) is 0.437. The highest BCUT2D eigenvalue weighted by molar-refractivity contribution is 6.04. The first-order chi connectivity index (χ1) is 14.4. The normalized spacial score (nSPS) is 10.3. The van der Waals surface area contributed by atoms with Crippen molar-refractivity contribution in [1.82, 2.24) is 9.78 Å². The molecule has 3 rings (SSSR count). The van der Waals surface area contributed by atoms with E-state index >= 15 is 0 Å². The van der Waals surface area contributed by atoms with Crippen LogP contribution in [0.4, 0.5) is 17.1 Å². The van der Waals surface area contributed by atoms with Crippen molar-refractivity contribution in [2.45, 2.75) is 6.73 Å². The summed E-state index contributed by atoms with van der Waals surface area (Å²) in [5, 5.41) is 28.7. The van der Waals surface area contributed by atoms with Gasteiger partial charge in [0.2, 0.25) is 0 Å². The van der Waals surface area contributed by atoms with E-state index in [-0.39, 0.29) is 41.0 Å². The van der Waals surface area contributed by atoms with Crippen molar-refractivity contribution in [3.63, 3.8) is 0 Å². The van der Waals surface area contributed by atoms with E-state index < -0.39 is 15.8 Å². The van der Waals surface area contributed by atoms with Crippen LogP contribution in [-0.2, 0) is 6.73 Å². The summed E-state index contributed by atoms with van der Waals surface area (Å²) in [5.41, 5.74) is -0.570. The van der Waals surface area contributed by atoms with E-state index in [1.807, 2.05) is 0 Å². The molecular formula is C18H15N5O7. The van der Waals surface area contributed by atoms with Crippen LogP contribution in [0.2, 0.25) is 0 Å². The van der Waals surface area contributed by atoms with Gasteiger partial charge in [-0.25, -0.2) is 4.68 Å². The molecule has 0 bridgehead atoms. The number of aromatic nitrogens is 2. The van der Waals surface area contributed by atoms with Gasteiger partial charge in [0.1, 0.15) is 11.4 Å². The van der Waals surface area contributed by atoms with Gasteiger partial charge in [-0.05, 0) is 24.3 Å². The molecule has 0 saturated carbocycles. The van der Waals surface area contributed by atoms with Gasteiger partial charge in [-0.15, -0.1) is 0 Å². The molecule has 0 fully saturated rings. The standard InChI is InChI=1S/C18H15N5O7/c1-29-12-6-7-13(16(10-12)23(27)28)19-18(24)14-8-9-21(20-14)11-30-17-5-3-2-4-15(17)22(25)26/h2-10H,11H2,1H3,(H,19,24). The fourth-order valence-corrected chi connectivity index (χ4v) is 2.50. The van der Waals surface area contributed by atoms with Crippen LogP contribution in [0.5, 0.6) is 11.5 Å². The third kappa shape index (κ3) is 4.49. The summed E-state index contributed by atoms with van der Waals surface area (Å²) in [7, 11) is 1.37. The van der Waals surface area contributed by atoms with Gasteiger partial charge in [-0.2, -0.15) is 5.10 Å². The fourth-order valence-electron chi connectivity index (χ4n) is 2.50. The molecule has 12 heteroatoms. The van der Waals surface area contributed by atoms with Crippen molar-refractivity contribution in [2.75, 3.05) is 12.4 Å². The molecule has 0 spiro atoms. The van der Waals surface area contributed by atoms with Crippen molar-refractivity contribution in [3.05, 3.63) is 80.7 Å². The van der Waals surface area contributed by atoms with Gasteiger partial charge in [0.05, 0.1) is 23.0 Å². The van der Waals surface area contributed by atoms with Crippen LogP contribution in [0.25, 0.3) is 0 Å². The maximum Gasteiger partial charge on any atom is 0.311 e. The van der Waals surface area contributed by atoms with Gasteiger partial charge >= 0.3 is 5.69 Å². The smallest absolute Gasteiger partial charge is 0.311 e. The Morgan fingerprint density at radius 2 is 1.83 bits per heavy atom. The van der Waals surface area contributed by atoms with Crippen LogP contribution in [0.15, 0.2) is 54.7 Å². The topological polar surface area (TPSA) is 152 Å². The highest BCUT2D eigenvalue weighted by Gasteiger charge is 2.19. The van der Waals surface area contributed by atoms with E-state index in [2.05, 4.69) is 10.4 Å². The third-order valence-corrected chi connectivity index (χ3v) is 3.94. The van der Waals surface area contributed by atoms with Crippen LogP contribution in [-0.4, -0.2) is 32.6 Å². The lowest BCUT2D eigenvalue weighted by Gasteiger charge is -2.07. The van der Waals surface area contributed by atoms with Crippen molar-refractivity contribution in [1.29, 1.82) is 0 Å². The predicted octanol–water partition coefficient (Wildman–Crippen LogP) is 3.00. The largest absolute Gasteiger partial charge is 0.496 e. The van der Waals surface area contributed by atoms with Gasteiger partial charge in [-0.3, -0.25) is 25.0 Å². The lowest BCUT2D eigenvalue weighted by atomic mass is 10.2. The highest BCUT2D eigenvalue weighted by atomic mass is 16.6. The Labute approximate surface area is 168 Å². The number of nitrogens with one attached hydrogen (secondary N) is 1. The highest BCUT2D eigenvalue weighted by Crippen LogP contribution is 2.29. The molecule has 0 unspecified atom stereocenters. The van der Waals surface area contributed by atoms with E-state index in [1.165, 1.54) is 60.5 Å². The van der Waals surface area contributed by atoms with Crippen LogP contribution in [0, 0.1) is 20.2 Å².